The van der Waals surface area contributed by atoms with Crippen molar-refractivity contribution in [1.29, 1.82) is 0 Å². The molecule has 2 saturated carbocycles. The fourth-order valence-corrected chi connectivity index (χ4v) is 4.11. The monoisotopic (exact) mass is 237 g/mol. The fraction of sp³-hybridized carbons (Fsp3) is 1.00. The Labute approximate surface area is 108 Å². The van der Waals surface area contributed by atoms with Crippen LogP contribution in [0.4, 0.5) is 0 Å². The Hall–Kier alpha value is -0.0400. The Kier molecular flexibility index (Phi) is 4.90. The summed E-state index contributed by atoms with van der Waals surface area (Å²) in [5, 5.41) is 3.63. The molecule has 2 bridgehead atoms. The second kappa shape index (κ2) is 6.22. The van der Waals surface area contributed by atoms with Crippen molar-refractivity contribution in [3.8, 4) is 0 Å². The largest absolute Gasteiger partial charge is 0.316 e. The molecule has 100 valence electrons. The van der Waals surface area contributed by atoms with Gasteiger partial charge in [0.2, 0.25) is 0 Å². The zero-order valence-electron chi connectivity index (χ0n) is 12.0. The highest BCUT2D eigenvalue weighted by atomic mass is 14.9. The second-order valence-electron chi connectivity index (χ2n) is 6.88. The minimum absolute atomic E-state index is 0.846. The molecule has 2 rings (SSSR count). The van der Waals surface area contributed by atoms with E-state index in [-0.39, 0.29) is 0 Å². The van der Waals surface area contributed by atoms with E-state index in [0.29, 0.717) is 0 Å². The van der Waals surface area contributed by atoms with Crippen LogP contribution in [-0.4, -0.2) is 13.1 Å². The summed E-state index contributed by atoms with van der Waals surface area (Å²) in [7, 11) is 0. The molecule has 1 N–H and O–H groups in total. The minimum atomic E-state index is 0.846. The summed E-state index contributed by atoms with van der Waals surface area (Å²) in [6.45, 7) is 9.52. The van der Waals surface area contributed by atoms with E-state index in [1.54, 1.807) is 25.7 Å². The summed E-state index contributed by atoms with van der Waals surface area (Å²) in [4.78, 5) is 0. The highest BCUT2D eigenvalue weighted by Crippen LogP contribution is 2.50. The van der Waals surface area contributed by atoms with Crippen LogP contribution in [0, 0.1) is 29.6 Å². The van der Waals surface area contributed by atoms with Crippen LogP contribution in [0.2, 0.25) is 0 Å². The summed E-state index contributed by atoms with van der Waals surface area (Å²) < 4.78 is 0. The van der Waals surface area contributed by atoms with Gasteiger partial charge in [0, 0.05) is 0 Å². The molecular formula is C16H31N. The number of hydrogen-bond acceptors (Lipinski definition) is 1. The van der Waals surface area contributed by atoms with Gasteiger partial charge in [-0.05, 0) is 74.8 Å². The molecule has 1 heteroatoms. The van der Waals surface area contributed by atoms with Crippen molar-refractivity contribution < 1.29 is 0 Å². The van der Waals surface area contributed by atoms with Crippen LogP contribution in [-0.2, 0) is 0 Å². The van der Waals surface area contributed by atoms with Crippen molar-refractivity contribution in [1.82, 2.24) is 5.32 Å². The maximum absolute atomic E-state index is 3.63. The first kappa shape index (κ1) is 13.4. The summed E-state index contributed by atoms with van der Waals surface area (Å²) in [5.74, 6) is 5.04. The van der Waals surface area contributed by atoms with Crippen molar-refractivity contribution in [2.45, 2.75) is 59.3 Å². The molecule has 0 aromatic heterocycles. The van der Waals surface area contributed by atoms with Crippen molar-refractivity contribution in [3.63, 3.8) is 0 Å². The van der Waals surface area contributed by atoms with Crippen LogP contribution >= 0.6 is 0 Å². The van der Waals surface area contributed by atoms with Gasteiger partial charge in [-0.15, -0.1) is 0 Å². The van der Waals surface area contributed by atoms with Crippen molar-refractivity contribution in [2.75, 3.05) is 13.1 Å². The van der Waals surface area contributed by atoms with E-state index in [1.807, 2.05) is 0 Å². The lowest BCUT2D eigenvalue weighted by Gasteiger charge is -2.29. The zero-order valence-corrected chi connectivity index (χ0v) is 12.0. The molecule has 17 heavy (non-hydrogen) atoms. The van der Waals surface area contributed by atoms with E-state index in [9.17, 15) is 0 Å². The molecule has 0 aliphatic heterocycles. The third-order valence-electron chi connectivity index (χ3n) is 5.27. The molecule has 0 heterocycles. The van der Waals surface area contributed by atoms with Crippen LogP contribution < -0.4 is 5.32 Å². The van der Waals surface area contributed by atoms with E-state index in [2.05, 4.69) is 26.1 Å². The average Bonchev–Trinajstić information content (AvgIpc) is 2.89. The Morgan fingerprint density at radius 2 is 2.00 bits per heavy atom. The number of hydrogen-bond donors (Lipinski definition) is 1. The third kappa shape index (κ3) is 3.47. The van der Waals surface area contributed by atoms with Crippen LogP contribution in [0.1, 0.15) is 59.3 Å². The average molecular weight is 237 g/mol. The van der Waals surface area contributed by atoms with Gasteiger partial charge in [0.25, 0.3) is 0 Å². The molecule has 0 saturated heterocycles. The molecule has 4 unspecified atom stereocenters. The van der Waals surface area contributed by atoms with E-state index < -0.39 is 0 Å². The van der Waals surface area contributed by atoms with Gasteiger partial charge in [-0.2, -0.15) is 0 Å². The van der Waals surface area contributed by atoms with Crippen LogP contribution in [0.15, 0.2) is 0 Å². The Balaban J connectivity index is 1.77. The molecule has 0 amide bonds. The highest BCUT2D eigenvalue weighted by molar-refractivity contribution is 4.91. The smallest absolute Gasteiger partial charge is 0.00180 e. The summed E-state index contributed by atoms with van der Waals surface area (Å²) >= 11 is 0. The molecule has 2 aliphatic carbocycles. The summed E-state index contributed by atoms with van der Waals surface area (Å²) in [6, 6.07) is 0. The van der Waals surface area contributed by atoms with E-state index in [1.165, 1.54) is 25.9 Å². The number of fused-ring (bicyclic) bond motifs is 2. The summed E-state index contributed by atoms with van der Waals surface area (Å²) in [6.07, 6.45) is 8.97. The van der Waals surface area contributed by atoms with Gasteiger partial charge in [-0.1, -0.05) is 27.2 Å². The van der Waals surface area contributed by atoms with Crippen molar-refractivity contribution in [2.24, 2.45) is 29.6 Å². The molecule has 2 aliphatic rings. The number of nitrogens with one attached hydrogen (secondary N) is 1. The highest BCUT2D eigenvalue weighted by Gasteiger charge is 2.40. The third-order valence-corrected chi connectivity index (χ3v) is 5.27. The maximum atomic E-state index is 3.63. The lowest BCUT2D eigenvalue weighted by Crippen LogP contribution is -2.29. The lowest BCUT2D eigenvalue weighted by molar-refractivity contribution is 0.227. The zero-order chi connectivity index (χ0) is 12.3. The van der Waals surface area contributed by atoms with E-state index >= 15 is 0 Å². The predicted molar refractivity (Wildman–Crippen MR) is 75.0 cm³/mol. The molecule has 0 aromatic rings. The van der Waals surface area contributed by atoms with Crippen LogP contribution in [0.3, 0.4) is 0 Å². The standard InChI is InChI=1S/C16H31N/c1-4-7-17-11-16(12(2)3)10-15-9-13-5-6-14(15)8-13/h12-17H,4-11H2,1-3H3. The fourth-order valence-electron chi connectivity index (χ4n) is 4.11. The normalized spacial score (nSPS) is 33.5. The Morgan fingerprint density at radius 1 is 1.18 bits per heavy atom. The van der Waals surface area contributed by atoms with Gasteiger partial charge in [0.1, 0.15) is 0 Å². The molecule has 2 fully saturated rings. The Morgan fingerprint density at radius 3 is 2.53 bits per heavy atom. The van der Waals surface area contributed by atoms with Gasteiger partial charge in [-0.3, -0.25) is 0 Å². The topological polar surface area (TPSA) is 12.0 Å². The molecule has 0 spiro atoms. The second-order valence-corrected chi connectivity index (χ2v) is 6.88. The first-order chi connectivity index (χ1) is 8.20. The SMILES string of the molecule is CCCNCC(CC1CC2CCC1C2)C(C)C. The molecular weight excluding hydrogens is 206 g/mol. The van der Waals surface area contributed by atoms with Gasteiger partial charge in [0.15, 0.2) is 0 Å². The van der Waals surface area contributed by atoms with Crippen molar-refractivity contribution in [3.05, 3.63) is 0 Å². The first-order valence-corrected chi connectivity index (χ1v) is 7.91. The predicted octanol–water partition coefficient (Wildman–Crippen LogP) is 4.08. The van der Waals surface area contributed by atoms with Gasteiger partial charge < -0.3 is 5.32 Å². The van der Waals surface area contributed by atoms with Gasteiger partial charge in [-0.25, -0.2) is 0 Å². The molecule has 1 nitrogen and oxygen atoms in total. The maximum Gasteiger partial charge on any atom is -0.00180 e. The quantitative estimate of drug-likeness (QED) is 0.658. The first-order valence-electron chi connectivity index (χ1n) is 7.91. The molecule has 0 radical (unpaired) electrons. The molecule has 4 atom stereocenters. The number of rotatable bonds is 7. The lowest BCUT2D eigenvalue weighted by atomic mass is 9.79. The van der Waals surface area contributed by atoms with Crippen molar-refractivity contribution >= 4 is 0 Å². The summed E-state index contributed by atoms with van der Waals surface area (Å²) in [5.41, 5.74) is 0. The van der Waals surface area contributed by atoms with E-state index in [4.69, 9.17) is 0 Å². The van der Waals surface area contributed by atoms with Gasteiger partial charge in [0.05, 0.1) is 0 Å². The van der Waals surface area contributed by atoms with E-state index in [0.717, 1.165) is 29.6 Å². The molecule has 0 aromatic carbocycles. The van der Waals surface area contributed by atoms with Gasteiger partial charge >= 0.3 is 0 Å². The minimum Gasteiger partial charge on any atom is -0.316 e. The Bertz CT molecular complexity index is 224. The van der Waals surface area contributed by atoms with Crippen LogP contribution in [0.5, 0.6) is 0 Å². The van der Waals surface area contributed by atoms with Crippen LogP contribution in [0.25, 0.3) is 0 Å².